The smallest absolute Gasteiger partial charge is 0.254 e. The van der Waals surface area contributed by atoms with Crippen molar-refractivity contribution in [1.82, 2.24) is 19.7 Å². The summed E-state index contributed by atoms with van der Waals surface area (Å²) in [6.07, 6.45) is 8.89. The van der Waals surface area contributed by atoms with Gasteiger partial charge in [-0.15, -0.1) is 0 Å². The van der Waals surface area contributed by atoms with E-state index in [4.69, 9.17) is 4.74 Å². The molecule has 3 aliphatic rings. The number of aromatic nitrogens is 1. The Labute approximate surface area is 179 Å². The number of carbonyl (C=O) groups is 1. The van der Waals surface area contributed by atoms with Crippen molar-refractivity contribution in [2.45, 2.75) is 44.7 Å². The molecule has 5 rings (SSSR count). The van der Waals surface area contributed by atoms with Crippen LogP contribution in [0.5, 0.6) is 0 Å². The van der Waals surface area contributed by atoms with E-state index in [9.17, 15) is 4.79 Å². The quantitative estimate of drug-likeness (QED) is 0.842. The first-order valence-corrected chi connectivity index (χ1v) is 11.7. The first-order valence-electron chi connectivity index (χ1n) is 11.7. The van der Waals surface area contributed by atoms with E-state index in [0.29, 0.717) is 26.3 Å². The molecule has 3 aliphatic heterocycles. The highest BCUT2D eigenvalue weighted by Gasteiger charge is 2.26. The molecule has 0 aliphatic carbocycles. The van der Waals surface area contributed by atoms with E-state index < -0.39 is 0 Å². The lowest BCUT2D eigenvalue weighted by Crippen LogP contribution is -2.46. The molecule has 1 aromatic carbocycles. The molecule has 6 nitrogen and oxygen atoms in total. The minimum absolute atomic E-state index is 0.108. The highest BCUT2D eigenvalue weighted by Crippen LogP contribution is 2.25. The average Bonchev–Trinajstić information content (AvgIpc) is 3.22. The van der Waals surface area contributed by atoms with Crippen molar-refractivity contribution in [1.29, 1.82) is 0 Å². The lowest BCUT2D eigenvalue weighted by Gasteiger charge is -2.40. The maximum absolute atomic E-state index is 12.8. The summed E-state index contributed by atoms with van der Waals surface area (Å²) in [4.78, 5) is 23.4. The van der Waals surface area contributed by atoms with Gasteiger partial charge in [0.1, 0.15) is 0 Å². The molecular weight excluding hydrogens is 376 g/mol. The first kappa shape index (κ1) is 20.0. The highest BCUT2D eigenvalue weighted by atomic mass is 16.5. The lowest BCUT2D eigenvalue weighted by atomic mass is 9.99. The van der Waals surface area contributed by atoms with Gasteiger partial charge in [-0.3, -0.25) is 9.69 Å². The summed E-state index contributed by atoms with van der Waals surface area (Å²) in [6, 6.07) is 6.91. The summed E-state index contributed by atoms with van der Waals surface area (Å²) in [5, 5.41) is 1.24. The molecule has 0 saturated carbocycles. The van der Waals surface area contributed by atoms with Crippen molar-refractivity contribution in [3.63, 3.8) is 0 Å². The Bertz CT molecular complexity index is 859. The van der Waals surface area contributed by atoms with Crippen LogP contribution in [0.4, 0.5) is 0 Å². The maximum Gasteiger partial charge on any atom is 0.254 e. The molecule has 0 atom stereocenters. The SMILES string of the molecule is O=C(c1ccc2c(CN3CCC(N4CCCCC4)CC3)c[nH]c2c1)N1CCOCC1. The minimum Gasteiger partial charge on any atom is -0.378 e. The second-order valence-corrected chi connectivity index (χ2v) is 9.08. The monoisotopic (exact) mass is 410 g/mol. The number of aromatic amines is 1. The number of H-pyrrole nitrogens is 1. The van der Waals surface area contributed by atoms with Gasteiger partial charge in [0.25, 0.3) is 5.91 Å². The average molecular weight is 411 g/mol. The van der Waals surface area contributed by atoms with Crippen molar-refractivity contribution in [2.75, 3.05) is 52.5 Å². The van der Waals surface area contributed by atoms with Crippen LogP contribution in [-0.4, -0.2) is 84.1 Å². The van der Waals surface area contributed by atoms with Gasteiger partial charge in [0.2, 0.25) is 0 Å². The number of likely N-dealkylation sites (tertiary alicyclic amines) is 2. The highest BCUT2D eigenvalue weighted by molar-refractivity contribution is 5.98. The Morgan fingerprint density at radius 2 is 1.77 bits per heavy atom. The normalized spacial score (nSPS) is 22.6. The molecule has 1 N–H and O–H groups in total. The molecule has 0 unspecified atom stereocenters. The van der Waals surface area contributed by atoms with Crippen molar-refractivity contribution in [3.05, 3.63) is 35.5 Å². The second-order valence-electron chi connectivity index (χ2n) is 9.08. The Morgan fingerprint density at radius 3 is 2.53 bits per heavy atom. The Kier molecular flexibility index (Phi) is 6.07. The number of fused-ring (bicyclic) bond motifs is 1. The van der Waals surface area contributed by atoms with E-state index in [1.807, 2.05) is 17.0 Å². The fraction of sp³-hybridized carbons (Fsp3) is 0.625. The topological polar surface area (TPSA) is 51.8 Å². The summed E-state index contributed by atoms with van der Waals surface area (Å²) in [5.74, 6) is 0.108. The van der Waals surface area contributed by atoms with Crippen molar-refractivity contribution >= 4 is 16.8 Å². The van der Waals surface area contributed by atoms with Crippen LogP contribution in [0.3, 0.4) is 0 Å². The van der Waals surface area contributed by atoms with Gasteiger partial charge < -0.3 is 19.5 Å². The van der Waals surface area contributed by atoms with Gasteiger partial charge in [-0.05, 0) is 69.6 Å². The standard InChI is InChI=1S/C24H34N4O2/c29-24(28-12-14-30-15-13-28)19-4-5-22-20(17-25-23(22)16-19)18-26-10-6-21(7-11-26)27-8-2-1-3-9-27/h4-5,16-17,21,25H,1-3,6-15,18H2. The third-order valence-electron chi connectivity index (χ3n) is 7.17. The number of rotatable bonds is 4. The fourth-order valence-corrected chi connectivity index (χ4v) is 5.37. The number of morpholine rings is 1. The van der Waals surface area contributed by atoms with Crippen LogP contribution in [0.15, 0.2) is 24.4 Å². The molecule has 162 valence electrons. The van der Waals surface area contributed by atoms with Crippen LogP contribution in [-0.2, 0) is 11.3 Å². The zero-order valence-electron chi connectivity index (χ0n) is 17.9. The molecule has 0 spiro atoms. The maximum atomic E-state index is 12.8. The molecule has 3 fully saturated rings. The zero-order valence-corrected chi connectivity index (χ0v) is 17.9. The van der Waals surface area contributed by atoms with Crippen LogP contribution in [0.1, 0.15) is 48.0 Å². The summed E-state index contributed by atoms with van der Waals surface area (Å²) < 4.78 is 5.37. The van der Waals surface area contributed by atoms with Crippen LogP contribution < -0.4 is 0 Å². The number of nitrogens with zero attached hydrogens (tertiary/aromatic N) is 3. The molecule has 1 aromatic heterocycles. The summed E-state index contributed by atoms with van der Waals surface area (Å²) >= 11 is 0. The largest absolute Gasteiger partial charge is 0.378 e. The number of carbonyl (C=O) groups excluding carboxylic acids is 1. The number of amides is 1. The minimum atomic E-state index is 0.108. The molecule has 30 heavy (non-hydrogen) atoms. The van der Waals surface area contributed by atoms with Crippen molar-refractivity contribution < 1.29 is 9.53 Å². The van der Waals surface area contributed by atoms with E-state index in [1.54, 1.807) is 0 Å². The van der Waals surface area contributed by atoms with Gasteiger partial charge in [-0.2, -0.15) is 0 Å². The number of ether oxygens (including phenoxy) is 1. The molecule has 2 aromatic rings. The van der Waals surface area contributed by atoms with Crippen LogP contribution in [0, 0.1) is 0 Å². The van der Waals surface area contributed by atoms with Crippen molar-refractivity contribution in [2.24, 2.45) is 0 Å². The summed E-state index contributed by atoms with van der Waals surface area (Å²) in [6.45, 7) is 8.59. The van der Waals surface area contributed by atoms with Crippen LogP contribution in [0.25, 0.3) is 10.9 Å². The Hall–Kier alpha value is -1.89. The van der Waals surface area contributed by atoms with Gasteiger partial charge in [0.05, 0.1) is 13.2 Å². The molecule has 3 saturated heterocycles. The Balaban J connectivity index is 1.21. The molecule has 0 bridgehead atoms. The number of piperidine rings is 2. The number of benzene rings is 1. The van der Waals surface area contributed by atoms with E-state index in [-0.39, 0.29) is 5.91 Å². The van der Waals surface area contributed by atoms with Crippen LogP contribution >= 0.6 is 0 Å². The van der Waals surface area contributed by atoms with Crippen molar-refractivity contribution in [3.8, 4) is 0 Å². The third kappa shape index (κ3) is 4.27. The van der Waals surface area contributed by atoms with E-state index in [1.165, 1.54) is 69.2 Å². The predicted molar refractivity (Wildman–Crippen MR) is 119 cm³/mol. The van der Waals surface area contributed by atoms with E-state index in [0.717, 1.165) is 23.7 Å². The molecular formula is C24H34N4O2. The van der Waals surface area contributed by atoms with Gasteiger partial charge in [-0.25, -0.2) is 0 Å². The van der Waals surface area contributed by atoms with E-state index in [2.05, 4.69) is 27.0 Å². The number of nitrogens with one attached hydrogen (secondary N) is 1. The number of hydrogen-bond donors (Lipinski definition) is 1. The summed E-state index contributed by atoms with van der Waals surface area (Å²) in [5.41, 5.74) is 3.17. The molecule has 0 radical (unpaired) electrons. The van der Waals surface area contributed by atoms with Gasteiger partial charge in [0.15, 0.2) is 0 Å². The lowest BCUT2D eigenvalue weighted by molar-refractivity contribution is 0.0303. The predicted octanol–water partition coefficient (Wildman–Crippen LogP) is 3.09. The van der Waals surface area contributed by atoms with E-state index >= 15 is 0 Å². The molecule has 6 heteroatoms. The third-order valence-corrected chi connectivity index (χ3v) is 7.17. The fourth-order valence-electron chi connectivity index (χ4n) is 5.37. The van der Waals surface area contributed by atoms with Crippen LogP contribution in [0.2, 0.25) is 0 Å². The molecule has 1 amide bonds. The van der Waals surface area contributed by atoms with Gasteiger partial charge >= 0.3 is 0 Å². The number of hydrogen-bond acceptors (Lipinski definition) is 4. The summed E-state index contributed by atoms with van der Waals surface area (Å²) in [7, 11) is 0. The van der Waals surface area contributed by atoms with Gasteiger partial charge in [-0.1, -0.05) is 12.5 Å². The first-order chi connectivity index (χ1) is 14.8. The molecule has 4 heterocycles. The second kappa shape index (κ2) is 9.08. The van der Waals surface area contributed by atoms with Gasteiger partial charge in [0, 0.05) is 48.3 Å². The zero-order chi connectivity index (χ0) is 20.3. The Morgan fingerprint density at radius 1 is 1.00 bits per heavy atom.